The van der Waals surface area contributed by atoms with E-state index < -0.39 is 11.5 Å². The van der Waals surface area contributed by atoms with Crippen LogP contribution in [0.5, 0.6) is 0 Å². The summed E-state index contributed by atoms with van der Waals surface area (Å²) in [6.07, 6.45) is 2.97. The zero-order valence-corrected chi connectivity index (χ0v) is 14.0. The molecule has 2 N–H and O–H groups in total. The van der Waals surface area contributed by atoms with Gasteiger partial charge in [0.1, 0.15) is 5.54 Å². The van der Waals surface area contributed by atoms with Crippen LogP contribution in [0.15, 0.2) is 33.6 Å². The van der Waals surface area contributed by atoms with Gasteiger partial charge in [-0.1, -0.05) is 19.1 Å². The van der Waals surface area contributed by atoms with Gasteiger partial charge in [0.15, 0.2) is 0 Å². The van der Waals surface area contributed by atoms with E-state index in [1.165, 1.54) is 0 Å². The van der Waals surface area contributed by atoms with Gasteiger partial charge in [0.2, 0.25) is 0 Å². The van der Waals surface area contributed by atoms with Crippen LogP contribution in [0.3, 0.4) is 0 Å². The lowest BCUT2D eigenvalue weighted by Gasteiger charge is -2.30. The van der Waals surface area contributed by atoms with E-state index in [9.17, 15) is 9.90 Å². The topological polar surface area (TPSA) is 49.3 Å². The van der Waals surface area contributed by atoms with Gasteiger partial charge in [0, 0.05) is 15.1 Å². The molecule has 1 fully saturated rings. The maximum atomic E-state index is 11.8. The fourth-order valence-electron chi connectivity index (χ4n) is 2.30. The van der Waals surface area contributed by atoms with Crippen molar-refractivity contribution in [3.8, 4) is 0 Å². The number of benzene rings is 1. The summed E-state index contributed by atoms with van der Waals surface area (Å²) in [7, 11) is 0. The van der Waals surface area contributed by atoms with Gasteiger partial charge in [0.25, 0.3) is 0 Å². The van der Waals surface area contributed by atoms with E-state index >= 15 is 0 Å². The lowest BCUT2D eigenvalue weighted by atomic mass is 9.95. The average molecular weight is 358 g/mol. The van der Waals surface area contributed by atoms with E-state index in [0.717, 1.165) is 35.2 Å². The number of thioether (sulfide) groups is 1. The number of carboxylic acid groups (broad SMARTS) is 1. The third kappa shape index (κ3) is 3.57. The Bertz CT molecular complexity index is 479. The number of carboxylic acids is 1. The first kappa shape index (κ1) is 15.9. The lowest BCUT2D eigenvalue weighted by Crippen LogP contribution is -2.56. The molecule has 0 spiro atoms. The van der Waals surface area contributed by atoms with Gasteiger partial charge in [-0.3, -0.25) is 4.79 Å². The van der Waals surface area contributed by atoms with Gasteiger partial charge in [-0.15, -0.1) is 11.8 Å². The van der Waals surface area contributed by atoms with Gasteiger partial charge < -0.3 is 10.4 Å². The Morgan fingerprint density at radius 2 is 2.20 bits per heavy atom. The number of nitrogens with one attached hydrogen (secondary N) is 1. The van der Waals surface area contributed by atoms with E-state index in [4.69, 9.17) is 0 Å². The average Bonchev–Trinajstić information content (AvgIpc) is 3.25. The fraction of sp³-hybridized carbons (Fsp3) is 0.533. The highest BCUT2D eigenvalue weighted by atomic mass is 79.9. The number of rotatable bonds is 8. The van der Waals surface area contributed by atoms with E-state index in [-0.39, 0.29) is 5.92 Å². The molecule has 1 unspecified atom stereocenters. The third-order valence-electron chi connectivity index (χ3n) is 3.64. The van der Waals surface area contributed by atoms with Crippen molar-refractivity contribution in [2.24, 2.45) is 5.92 Å². The Kier molecular flexibility index (Phi) is 5.52. The molecule has 0 amide bonds. The molecule has 5 heteroatoms. The van der Waals surface area contributed by atoms with E-state index in [2.05, 4.69) is 28.2 Å². The van der Waals surface area contributed by atoms with E-state index in [0.29, 0.717) is 5.75 Å². The van der Waals surface area contributed by atoms with Gasteiger partial charge in [-0.2, -0.15) is 0 Å². The number of aliphatic carboxylic acids is 1. The summed E-state index contributed by atoms with van der Waals surface area (Å²) in [6.45, 7) is 2.81. The molecule has 0 saturated heterocycles. The van der Waals surface area contributed by atoms with Crippen LogP contribution in [-0.2, 0) is 4.79 Å². The van der Waals surface area contributed by atoms with Gasteiger partial charge in [-0.25, -0.2) is 0 Å². The minimum absolute atomic E-state index is 0.265. The lowest BCUT2D eigenvalue weighted by molar-refractivity contribution is -0.144. The Morgan fingerprint density at radius 1 is 1.50 bits per heavy atom. The summed E-state index contributed by atoms with van der Waals surface area (Å²) in [4.78, 5) is 12.9. The zero-order chi connectivity index (χ0) is 14.6. The summed E-state index contributed by atoms with van der Waals surface area (Å²) in [6, 6.07) is 7.95. The highest BCUT2D eigenvalue weighted by Gasteiger charge is 2.50. The Hall–Kier alpha value is -0.520. The van der Waals surface area contributed by atoms with E-state index in [1.807, 2.05) is 24.3 Å². The van der Waals surface area contributed by atoms with Crippen LogP contribution in [0, 0.1) is 5.92 Å². The SMILES string of the molecule is CCCNC(CSc1ccccc1Br)(C(=O)O)C1CC1. The first-order valence-corrected chi connectivity index (χ1v) is 8.73. The molecular weight excluding hydrogens is 338 g/mol. The molecule has 1 aliphatic carbocycles. The highest BCUT2D eigenvalue weighted by Crippen LogP contribution is 2.43. The van der Waals surface area contributed by atoms with Crippen LogP contribution in [0.4, 0.5) is 0 Å². The van der Waals surface area contributed by atoms with Gasteiger partial charge in [-0.05, 0) is 59.8 Å². The number of carbonyl (C=O) groups is 1. The van der Waals surface area contributed by atoms with Crippen molar-refractivity contribution in [1.82, 2.24) is 5.32 Å². The number of halogens is 1. The van der Waals surface area contributed by atoms with Crippen LogP contribution < -0.4 is 5.32 Å². The molecule has 0 radical (unpaired) electrons. The molecule has 0 aromatic heterocycles. The normalized spacial score (nSPS) is 17.7. The molecule has 0 bridgehead atoms. The van der Waals surface area contributed by atoms with Crippen molar-refractivity contribution in [2.45, 2.75) is 36.6 Å². The van der Waals surface area contributed by atoms with Crippen molar-refractivity contribution >= 4 is 33.7 Å². The van der Waals surface area contributed by atoms with Crippen molar-refractivity contribution in [1.29, 1.82) is 0 Å². The second-order valence-electron chi connectivity index (χ2n) is 5.20. The highest BCUT2D eigenvalue weighted by molar-refractivity contribution is 9.10. The molecule has 20 heavy (non-hydrogen) atoms. The molecule has 110 valence electrons. The van der Waals surface area contributed by atoms with Crippen molar-refractivity contribution in [3.05, 3.63) is 28.7 Å². The molecule has 1 atom stereocenters. The predicted octanol–water partition coefficient (Wildman–Crippen LogP) is 3.77. The van der Waals surface area contributed by atoms with Gasteiger partial charge >= 0.3 is 5.97 Å². The fourth-order valence-corrected chi connectivity index (χ4v) is 4.16. The van der Waals surface area contributed by atoms with Gasteiger partial charge in [0.05, 0.1) is 0 Å². The van der Waals surface area contributed by atoms with E-state index in [1.54, 1.807) is 11.8 Å². The minimum Gasteiger partial charge on any atom is -0.480 e. The van der Waals surface area contributed by atoms with Crippen LogP contribution in [-0.4, -0.2) is 28.9 Å². The van der Waals surface area contributed by atoms with Crippen LogP contribution in [0.2, 0.25) is 0 Å². The quantitative estimate of drug-likeness (QED) is 0.695. The molecule has 1 aliphatic rings. The second-order valence-corrected chi connectivity index (χ2v) is 7.07. The summed E-state index contributed by atoms with van der Waals surface area (Å²) in [5.74, 6) is 0.116. The molecule has 1 aromatic rings. The van der Waals surface area contributed by atoms with Crippen molar-refractivity contribution in [2.75, 3.05) is 12.3 Å². The van der Waals surface area contributed by atoms with Crippen LogP contribution in [0.1, 0.15) is 26.2 Å². The predicted molar refractivity (Wildman–Crippen MR) is 86.3 cm³/mol. The standard InChI is InChI=1S/C15H20BrNO2S/c1-2-9-17-15(14(18)19,11-7-8-11)10-20-13-6-4-3-5-12(13)16/h3-6,11,17H,2,7-10H2,1H3,(H,18,19). The maximum Gasteiger partial charge on any atom is 0.325 e. The van der Waals surface area contributed by atoms with Crippen LogP contribution >= 0.6 is 27.7 Å². The molecule has 3 nitrogen and oxygen atoms in total. The molecule has 1 saturated carbocycles. The van der Waals surface area contributed by atoms with Crippen molar-refractivity contribution in [3.63, 3.8) is 0 Å². The Labute approximate surface area is 132 Å². The van der Waals surface area contributed by atoms with Crippen LogP contribution in [0.25, 0.3) is 0 Å². The smallest absolute Gasteiger partial charge is 0.325 e. The first-order chi connectivity index (χ1) is 9.60. The first-order valence-electron chi connectivity index (χ1n) is 6.96. The number of hydrogen-bond acceptors (Lipinski definition) is 3. The van der Waals surface area contributed by atoms with Crippen molar-refractivity contribution < 1.29 is 9.90 Å². The third-order valence-corrected chi connectivity index (χ3v) is 5.86. The maximum absolute atomic E-state index is 11.8. The summed E-state index contributed by atoms with van der Waals surface area (Å²) in [5.41, 5.74) is -0.782. The molecule has 0 aliphatic heterocycles. The molecular formula is C15H20BrNO2S. The zero-order valence-electron chi connectivity index (χ0n) is 11.6. The summed E-state index contributed by atoms with van der Waals surface area (Å²) >= 11 is 5.13. The minimum atomic E-state index is -0.782. The summed E-state index contributed by atoms with van der Waals surface area (Å²) < 4.78 is 1.02. The Morgan fingerprint density at radius 3 is 2.75 bits per heavy atom. The largest absolute Gasteiger partial charge is 0.480 e. The Balaban J connectivity index is 2.11. The summed E-state index contributed by atoms with van der Waals surface area (Å²) in [5, 5.41) is 13.0. The molecule has 1 aromatic carbocycles. The molecule has 2 rings (SSSR count). The molecule has 0 heterocycles. The number of hydrogen-bond donors (Lipinski definition) is 2. The monoisotopic (exact) mass is 357 g/mol. The second kappa shape index (κ2) is 6.96.